The van der Waals surface area contributed by atoms with Gasteiger partial charge in [0.2, 0.25) is 0 Å². The van der Waals surface area contributed by atoms with Crippen molar-refractivity contribution in [2.45, 2.75) is 11.4 Å². The number of hydrogen-bond donors (Lipinski definition) is 2. The number of hydrogen-bond acceptors (Lipinski definition) is 5. The maximum absolute atomic E-state index is 11.7. The SMILES string of the molecule is CNCCn1cc(S(=O)(=O)NN(C)C)cn1. The van der Waals surface area contributed by atoms with Gasteiger partial charge in [-0.2, -0.15) is 5.10 Å². The smallest absolute Gasteiger partial charge is 0.256 e. The Morgan fingerprint density at radius 1 is 1.50 bits per heavy atom. The van der Waals surface area contributed by atoms with Crippen LogP contribution in [0, 0.1) is 0 Å². The minimum Gasteiger partial charge on any atom is -0.318 e. The third-order valence-corrected chi connectivity index (χ3v) is 3.25. The van der Waals surface area contributed by atoms with Crippen LogP contribution in [0.3, 0.4) is 0 Å². The summed E-state index contributed by atoms with van der Waals surface area (Å²) in [6.45, 7) is 1.37. The van der Waals surface area contributed by atoms with Crippen molar-refractivity contribution in [3.63, 3.8) is 0 Å². The predicted octanol–water partition coefficient (Wildman–Crippen LogP) is -1.14. The number of likely N-dealkylation sites (N-methyl/N-ethyl adjacent to an activating group) is 1. The molecule has 0 unspecified atom stereocenters. The fourth-order valence-corrected chi connectivity index (χ4v) is 2.16. The molecule has 0 bridgehead atoms. The minimum atomic E-state index is -3.49. The van der Waals surface area contributed by atoms with Gasteiger partial charge in [-0.3, -0.25) is 4.68 Å². The molecular weight excluding hydrogens is 230 g/mol. The van der Waals surface area contributed by atoms with Crippen LogP contribution >= 0.6 is 0 Å². The van der Waals surface area contributed by atoms with Gasteiger partial charge in [-0.05, 0) is 7.05 Å². The summed E-state index contributed by atoms with van der Waals surface area (Å²) in [4.78, 5) is 2.51. The zero-order valence-corrected chi connectivity index (χ0v) is 10.5. The monoisotopic (exact) mass is 247 g/mol. The zero-order chi connectivity index (χ0) is 12.2. The van der Waals surface area contributed by atoms with Crippen LogP contribution < -0.4 is 10.1 Å². The third kappa shape index (κ3) is 3.56. The summed E-state index contributed by atoms with van der Waals surface area (Å²) < 4.78 is 25.0. The molecule has 0 spiro atoms. The van der Waals surface area contributed by atoms with E-state index in [-0.39, 0.29) is 4.90 Å². The molecule has 0 amide bonds. The Morgan fingerprint density at radius 3 is 2.75 bits per heavy atom. The van der Waals surface area contributed by atoms with Gasteiger partial charge in [0.15, 0.2) is 0 Å². The van der Waals surface area contributed by atoms with E-state index in [0.29, 0.717) is 6.54 Å². The van der Waals surface area contributed by atoms with Crippen LogP contribution in [0.25, 0.3) is 0 Å². The van der Waals surface area contributed by atoms with Gasteiger partial charge in [0.05, 0.1) is 12.7 Å². The Kier molecular flexibility index (Phi) is 4.42. The van der Waals surface area contributed by atoms with E-state index >= 15 is 0 Å². The Bertz CT molecular complexity index is 425. The van der Waals surface area contributed by atoms with Crippen molar-refractivity contribution in [2.75, 3.05) is 27.7 Å². The maximum atomic E-state index is 11.7. The van der Waals surface area contributed by atoms with E-state index in [4.69, 9.17) is 0 Å². The van der Waals surface area contributed by atoms with Crippen molar-refractivity contribution in [3.05, 3.63) is 12.4 Å². The minimum absolute atomic E-state index is 0.164. The first kappa shape index (κ1) is 13.1. The Labute approximate surface area is 95.5 Å². The first-order valence-electron chi connectivity index (χ1n) is 4.82. The average molecular weight is 247 g/mol. The number of nitrogens with zero attached hydrogens (tertiary/aromatic N) is 3. The molecule has 0 aliphatic rings. The fraction of sp³-hybridized carbons (Fsp3) is 0.625. The van der Waals surface area contributed by atoms with E-state index in [1.54, 1.807) is 18.8 Å². The van der Waals surface area contributed by atoms with Crippen molar-refractivity contribution in [1.82, 2.24) is 24.9 Å². The summed E-state index contributed by atoms with van der Waals surface area (Å²) in [5.41, 5.74) is 0. The highest BCUT2D eigenvalue weighted by molar-refractivity contribution is 7.89. The molecule has 0 aliphatic heterocycles. The number of rotatable bonds is 6. The van der Waals surface area contributed by atoms with Crippen molar-refractivity contribution in [3.8, 4) is 0 Å². The summed E-state index contributed by atoms with van der Waals surface area (Å²) in [6.07, 6.45) is 2.84. The highest BCUT2D eigenvalue weighted by atomic mass is 32.2. The van der Waals surface area contributed by atoms with Crippen LogP contribution in [0.15, 0.2) is 17.3 Å². The van der Waals surface area contributed by atoms with Crippen LogP contribution in [-0.4, -0.2) is 50.9 Å². The van der Waals surface area contributed by atoms with Crippen LogP contribution in [0.4, 0.5) is 0 Å². The number of aromatic nitrogens is 2. The molecule has 2 N–H and O–H groups in total. The lowest BCUT2D eigenvalue weighted by molar-refractivity contribution is 0.364. The second-order valence-corrected chi connectivity index (χ2v) is 5.19. The number of sulfonamides is 1. The Hall–Kier alpha value is -0.960. The summed E-state index contributed by atoms with van der Waals surface area (Å²) in [5.74, 6) is 0. The standard InChI is InChI=1S/C8H17N5O2S/c1-9-4-5-13-7-8(6-10-13)16(14,15)11-12(2)3/h6-7,9,11H,4-5H2,1-3H3. The molecule has 0 saturated carbocycles. The molecule has 7 nitrogen and oxygen atoms in total. The molecule has 0 fully saturated rings. The molecule has 1 heterocycles. The molecule has 16 heavy (non-hydrogen) atoms. The maximum Gasteiger partial charge on any atom is 0.256 e. The first-order chi connectivity index (χ1) is 7.45. The summed E-state index contributed by atoms with van der Waals surface area (Å²) in [5, 5.41) is 8.30. The largest absolute Gasteiger partial charge is 0.318 e. The molecule has 0 aromatic carbocycles. The van der Waals surface area contributed by atoms with Gasteiger partial charge >= 0.3 is 0 Å². The highest BCUT2D eigenvalue weighted by Crippen LogP contribution is 2.06. The third-order valence-electron chi connectivity index (χ3n) is 1.81. The molecule has 0 aliphatic carbocycles. The van der Waals surface area contributed by atoms with E-state index < -0.39 is 10.0 Å². The molecule has 92 valence electrons. The summed E-state index contributed by atoms with van der Waals surface area (Å²) in [6, 6.07) is 0. The van der Waals surface area contributed by atoms with Gasteiger partial charge in [-0.15, -0.1) is 4.83 Å². The van der Waals surface area contributed by atoms with E-state index in [9.17, 15) is 8.42 Å². The predicted molar refractivity (Wildman–Crippen MR) is 60.2 cm³/mol. The lowest BCUT2D eigenvalue weighted by Gasteiger charge is -2.10. The molecule has 0 saturated heterocycles. The van der Waals surface area contributed by atoms with E-state index in [1.165, 1.54) is 17.4 Å². The summed E-state index contributed by atoms with van der Waals surface area (Å²) in [7, 11) is 1.56. The van der Waals surface area contributed by atoms with Crippen LogP contribution in [0.2, 0.25) is 0 Å². The topological polar surface area (TPSA) is 79.3 Å². The quantitative estimate of drug-likeness (QED) is 0.621. The van der Waals surface area contributed by atoms with Crippen LogP contribution in [0.5, 0.6) is 0 Å². The lowest BCUT2D eigenvalue weighted by Crippen LogP contribution is -2.35. The van der Waals surface area contributed by atoms with Crippen molar-refractivity contribution < 1.29 is 8.42 Å². The molecule has 1 aromatic rings. The molecular formula is C8H17N5O2S. The Balaban J connectivity index is 2.77. The molecule has 0 atom stereocenters. The molecule has 1 rings (SSSR count). The van der Waals surface area contributed by atoms with Gasteiger partial charge in [-0.1, -0.05) is 0 Å². The van der Waals surface area contributed by atoms with E-state index in [1.807, 2.05) is 7.05 Å². The Morgan fingerprint density at radius 2 is 2.19 bits per heavy atom. The second kappa shape index (κ2) is 5.39. The van der Waals surface area contributed by atoms with Crippen molar-refractivity contribution in [2.24, 2.45) is 0 Å². The van der Waals surface area contributed by atoms with Crippen LogP contribution in [0.1, 0.15) is 0 Å². The fourth-order valence-electron chi connectivity index (χ4n) is 1.13. The zero-order valence-electron chi connectivity index (χ0n) is 9.64. The number of hydrazine groups is 1. The van der Waals surface area contributed by atoms with Gasteiger partial charge in [-0.25, -0.2) is 13.4 Å². The molecule has 1 aromatic heterocycles. The molecule has 0 radical (unpaired) electrons. The van der Waals surface area contributed by atoms with Gasteiger partial charge in [0.25, 0.3) is 10.0 Å². The van der Waals surface area contributed by atoms with E-state index in [0.717, 1.165) is 6.54 Å². The molecule has 8 heteroatoms. The van der Waals surface area contributed by atoms with E-state index in [2.05, 4.69) is 15.2 Å². The van der Waals surface area contributed by atoms with Crippen molar-refractivity contribution in [1.29, 1.82) is 0 Å². The van der Waals surface area contributed by atoms with Crippen LogP contribution in [-0.2, 0) is 16.6 Å². The van der Waals surface area contributed by atoms with Gasteiger partial charge in [0, 0.05) is 26.8 Å². The highest BCUT2D eigenvalue weighted by Gasteiger charge is 2.16. The second-order valence-electron chi connectivity index (χ2n) is 3.53. The van der Waals surface area contributed by atoms with Crippen molar-refractivity contribution >= 4 is 10.0 Å². The lowest BCUT2D eigenvalue weighted by atomic mass is 10.6. The average Bonchev–Trinajstić information content (AvgIpc) is 2.61. The number of nitrogens with one attached hydrogen (secondary N) is 2. The summed E-state index contributed by atoms with van der Waals surface area (Å²) >= 11 is 0. The van der Waals surface area contributed by atoms with Gasteiger partial charge < -0.3 is 5.32 Å². The normalized spacial score (nSPS) is 12.2. The first-order valence-corrected chi connectivity index (χ1v) is 6.31. The van der Waals surface area contributed by atoms with Gasteiger partial charge in [0.1, 0.15) is 4.90 Å².